The average molecular weight is 226 g/mol. The van der Waals surface area contributed by atoms with Crippen LogP contribution in [-0.2, 0) is 4.79 Å². The van der Waals surface area contributed by atoms with Gasteiger partial charge in [-0.15, -0.1) is 0 Å². The van der Waals surface area contributed by atoms with Gasteiger partial charge in [0.1, 0.15) is 13.4 Å². The van der Waals surface area contributed by atoms with E-state index in [1.807, 2.05) is 0 Å². The maximum absolute atomic E-state index is 11.4. The van der Waals surface area contributed by atoms with Crippen LogP contribution in [0, 0.1) is 5.92 Å². The second kappa shape index (κ2) is 6.25. The van der Waals surface area contributed by atoms with Crippen molar-refractivity contribution in [1.29, 1.82) is 0 Å². The maximum atomic E-state index is 11.4. The van der Waals surface area contributed by atoms with Crippen molar-refractivity contribution in [3.8, 4) is 0 Å². The van der Waals surface area contributed by atoms with Crippen molar-refractivity contribution in [1.82, 2.24) is 5.32 Å². The molecule has 1 saturated heterocycles. The molecule has 0 aromatic rings. The molecule has 1 atom stereocenters. The summed E-state index contributed by atoms with van der Waals surface area (Å²) in [5, 5.41) is 12.6. The molecule has 0 bridgehead atoms. The lowest BCUT2D eigenvalue weighted by atomic mass is 9.75. The topological polar surface area (TPSA) is 75.4 Å². The molecule has 1 rings (SSSR count). The standard InChI is InChI=1S/C11H23BN2O2/c12-6-2-1-5-11(13,10(15)16)9-3-7-14-8-4-9/h9,14H,1-8,12-13H2,(H,15,16). The van der Waals surface area contributed by atoms with Gasteiger partial charge in [0, 0.05) is 0 Å². The van der Waals surface area contributed by atoms with E-state index in [2.05, 4.69) is 13.2 Å². The molecule has 1 aliphatic heterocycles. The number of nitrogens with one attached hydrogen (secondary N) is 1. The van der Waals surface area contributed by atoms with Crippen LogP contribution in [0.1, 0.15) is 32.1 Å². The van der Waals surface area contributed by atoms with Crippen molar-refractivity contribution >= 4 is 13.8 Å². The summed E-state index contributed by atoms with van der Waals surface area (Å²) in [6.45, 7) is 1.79. The van der Waals surface area contributed by atoms with Gasteiger partial charge in [0.2, 0.25) is 0 Å². The third kappa shape index (κ3) is 3.22. The zero-order chi connectivity index (χ0) is 12.0. The lowest BCUT2D eigenvalue weighted by molar-refractivity contribution is -0.146. The van der Waals surface area contributed by atoms with E-state index in [0.29, 0.717) is 6.42 Å². The van der Waals surface area contributed by atoms with Crippen LogP contribution in [0.4, 0.5) is 0 Å². The molecule has 4 nitrogen and oxygen atoms in total. The molecule has 1 heterocycles. The van der Waals surface area contributed by atoms with E-state index in [1.165, 1.54) is 0 Å². The third-order valence-electron chi connectivity index (χ3n) is 3.66. The van der Waals surface area contributed by atoms with E-state index in [1.54, 1.807) is 0 Å². The number of unbranched alkanes of at least 4 members (excludes halogenated alkanes) is 1. The van der Waals surface area contributed by atoms with Gasteiger partial charge in [-0.1, -0.05) is 19.2 Å². The van der Waals surface area contributed by atoms with Gasteiger partial charge in [-0.05, 0) is 38.3 Å². The highest BCUT2D eigenvalue weighted by molar-refractivity contribution is 6.08. The Morgan fingerprint density at radius 2 is 2.06 bits per heavy atom. The van der Waals surface area contributed by atoms with Gasteiger partial charge in [0.05, 0.1) is 0 Å². The quantitative estimate of drug-likeness (QED) is 0.440. The van der Waals surface area contributed by atoms with Crippen LogP contribution in [0.3, 0.4) is 0 Å². The van der Waals surface area contributed by atoms with Crippen LogP contribution in [0.15, 0.2) is 0 Å². The molecular weight excluding hydrogens is 203 g/mol. The summed E-state index contributed by atoms with van der Waals surface area (Å²) in [5.74, 6) is -0.696. The van der Waals surface area contributed by atoms with E-state index < -0.39 is 11.5 Å². The maximum Gasteiger partial charge on any atom is 0.323 e. The number of hydrogen-bond acceptors (Lipinski definition) is 3. The molecule has 92 valence electrons. The van der Waals surface area contributed by atoms with Crippen LogP contribution in [-0.4, -0.2) is 37.6 Å². The molecule has 16 heavy (non-hydrogen) atoms. The zero-order valence-electron chi connectivity index (χ0n) is 10.2. The van der Waals surface area contributed by atoms with E-state index in [0.717, 1.165) is 45.1 Å². The number of carbonyl (C=O) groups is 1. The smallest absolute Gasteiger partial charge is 0.323 e. The normalized spacial score (nSPS) is 21.6. The Morgan fingerprint density at radius 3 is 2.56 bits per heavy atom. The highest BCUT2D eigenvalue weighted by Crippen LogP contribution is 2.29. The van der Waals surface area contributed by atoms with Gasteiger partial charge in [0.25, 0.3) is 0 Å². The van der Waals surface area contributed by atoms with Crippen molar-refractivity contribution < 1.29 is 9.90 Å². The summed E-state index contributed by atoms with van der Waals surface area (Å²) in [5.41, 5.74) is 5.13. The number of carboxylic acid groups (broad SMARTS) is 1. The Bertz CT molecular complexity index is 232. The van der Waals surface area contributed by atoms with E-state index in [4.69, 9.17) is 5.73 Å². The minimum absolute atomic E-state index is 0.128. The number of nitrogens with two attached hydrogens (primary N) is 1. The average Bonchev–Trinajstić information content (AvgIpc) is 2.30. The zero-order valence-corrected chi connectivity index (χ0v) is 10.2. The first kappa shape index (κ1) is 13.5. The molecule has 0 spiro atoms. The molecule has 0 radical (unpaired) electrons. The van der Waals surface area contributed by atoms with E-state index in [-0.39, 0.29) is 5.92 Å². The molecule has 1 unspecified atom stereocenters. The Labute approximate surface area is 98.4 Å². The second-order valence-corrected chi connectivity index (χ2v) is 4.83. The fraction of sp³-hybridized carbons (Fsp3) is 0.909. The van der Waals surface area contributed by atoms with Crippen LogP contribution in [0.5, 0.6) is 0 Å². The molecule has 0 amide bonds. The number of hydrogen-bond donors (Lipinski definition) is 3. The summed E-state index contributed by atoms with van der Waals surface area (Å²) >= 11 is 0. The number of piperidine rings is 1. The van der Waals surface area contributed by atoms with Gasteiger partial charge >= 0.3 is 5.97 Å². The van der Waals surface area contributed by atoms with E-state index >= 15 is 0 Å². The lowest BCUT2D eigenvalue weighted by Gasteiger charge is -2.36. The largest absolute Gasteiger partial charge is 0.480 e. The SMILES string of the molecule is BCCCCC(N)(C(=O)O)C1CCNCC1. The molecule has 0 aromatic carbocycles. The predicted molar refractivity (Wildman–Crippen MR) is 67.3 cm³/mol. The van der Waals surface area contributed by atoms with Crippen molar-refractivity contribution in [2.24, 2.45) is 11.7 Å². The molecule has 0 saturated carbocycles. The molecular formula is C11H23BN2O2. The Hall–Kier alpha value is -0.545. The minimum atomic E-state index is -1.00. The highest BCUT2D eigenvalue weighted by atomic mass is 16.4. The van der Waals surface area contributed by atoms with Crippen molar-refractivity contribution in [2.45, 2.75) is 44.0 Å². The molecule has 5 heteroatoms. The predicted octanol–water partition coefficient (Wildman–Crippen LogP) is -0.0102. The van der Waals surface area contributed by atoms with Gasteiger partial charge in [-0.2, -0.15) is 0 Å². The van der Waals surface area contributed by atoms with Crippen LogP contribution in [0.25, 0.3) is 0 Å². The van der Waals surface area contributed by atoms with Crippen LogP contribution >= 0.6 is 0 Å². The Kier molecular flexibility index (Phi) is 5.28. The second-order valence-electron chi connectivity index (χ2n) is 4.83. The molecule has 0 aliphatic carbocycles. The summed E-state index contributed by atoms with van der Waals surface area (Å²) < 4.78 is 0. The van der Waals surface area contributed by atoms with Crippen molar-refractivity contribution in [3.05, 3.63) is 0 Å². The first-order valence-corrected chi connectivity index (χ1v) is 6.34. The summed E-state index contributed by atoms with van der Waals surface area (Å²) in [4.78, 5) is 11.4. The van der Waals surface area contributed by atoms with E-state index in [9.17, 15) is 9.90 Å². The Balaban J connectivity index is 2.58. The van der Waals surface area contributed by atoms with Crippen LogP contribution in [0.2, 0.25) is 6.32 Å². The lowest BCUT2D eigenvalue weighted by Crippen LogP contribution is -2.56. The fourth-order valence-electron chi connectivity index (χ4n) is 2.49. The van der Waals surface area contributed by atoms with Crippen LogP contribution < -0.4 is 11.1 Å². The molecule has 4 N–H and O–H groups in total. The third-order valence-corrected chi connectivity index (χ3v) is 3.66. The number of rotatable bonds is 6. The van der Waals surface area contributed by atoms with Gasteiger partial charge in [-0.3, -0.25) is 4.79 Å². The summed E-state index contributed by atoms with van der Waals surface area (Å²) in [7, 11) is 2.11. The summed E-state index contributed by atoms with van der Waals surface area (Å²) in [6, 6.07) is 0. The van der Waals surface area contributed by atoms with Crippen molar-refractivity contribution in [2.75, 3.05) is 13.1 Å². The monoisotopic (exact) mass is 226 g/mol. The van der Waals surface area contributed by atoms with Gasteiger partial charge in [-0.25, -0.2) is 0 Å². The Morgan fingerprint density at radius 1 is 1.44 bits per heavy atom. The number of aliphatic carboxylic acids is 1. The molecule has 1 fully saturated rings. The fourth-order valence-corrected chi connectivity index (χ4v) is 2.49. The van der Waals surface area contributed by atoms with Crippen molar-refractivity contribution in [3.63, 3.8) is 0 Å². The van der Waals surface area contributed by atoms with Gasteiger partial charge in [0.15, 0.2) is 0 Å². The first-order chi connectivity index (χ1) is 7.61. The first-order valence-electron chi connectivity index (χ1n) is 6.34. The molecule has 0 aromatic heterocycles. The highest BCUT2D eigenvalue weighted by Gasteiger charge is 2.41. The van der Waals surface area contributed by atoms with Gasteiger partial charge < -0.3 is 16.2 Å². The minimum Gasteiger partial charge on any atom is -0.480 e. The molecule has 1 aliphatic rings. The summed E-state index contributed by atoms with van der Waals surface area (Å²) in [6.07, 6.45) is 5.47. The number of carboxylic acids is 1.